The summed E-state index contributed by atoms with van der Waals surface area (Å²) in [6.07, 6.45) is 2.79. The summed E-state index contributed by atoms with van der Waals surface area (Å²) < 4.78 is 7.42. The van der Waals surface area contributed by atoms with Gasteiger partial charge in [-0.2, -0.15) is 0 Å². The molecule has 1 aromatic carbocycles. The van der Waals surface area contributed by atoms with Gasteiger partial charge in [-0.3, -0.25) is 4.79 Å². The second-order valence-electron chi connectivity index (χ2n) is 5.09. The van der Waals surface area contributed by atoms with Crippen molar-refractivity contribution in [2.45, 2.75) is 38.8 Å². The van der Waals surface area contributed by atoms with E-state index in [2.05, 4.69) is 42.5 Å². The smallest absolute Gasteiger partial charge is 0.221 e. The van der Waals surface area contributed by atoms with Crippen LogP contribution in [-0.4, -0.2) is 25.1 Å². The van der Waals surface area contributed by atoms with E-state index < -0.39 is 0 Å². The first-order valence-corrected chi connectivity index (χ1v) is 8.79. The second kappa shape index (κ2) is 8.15. The Hall–Kier alpha value is -0.590. The summed E-state index contributed by atoms with van der Waals surface area (Å²) >= 11 is 7.04. The lowest BCUT2D eigenvalue weighted by Gasteiger charge is -2.11. The first-order chi connectivity index (χ1) is 10.1. The zero-order valence-corrected chi connectivity index (χ0v) is 15.2. The molecule has 1 aromatic rings. The minimum absolute atomic E-state index is 0.138. The monoisotopic (exact) mass is 418 g/mol. The molecule has 0 heterocycles. The molecule has 1 aliphatic carbocycles. The summed E-state index contributed by atoms with van der Waals surface area (Å²) in [6.45, 7) is 3.99. The van der Waals surface area contributed by atoms with Crippen molar-refractivity contribution >= 4 is 37.8 Å². The van der Waals surface area contributed by atoms with Crippen molar-refractivity contribution in [2.24, 2.45) is 0 Å². The van der Waals surface area contributed by atoms with Gasteiger partial charge in [0.15, 0.2) is 0 Å². The molecular formula is C15H20Br2N2O2. The molecule has 4 nitrogen and oxygen atoms in total. The Morgan fingerprint density at radius 2 is 2.00 bits per heavy atom. The quantitative estimate of drug-likeness (QED) is 0.635. The highest BCUT2D eigenvalue weighted by molar-refractivity contribution is 9.11. The molecule has 2 N–H and O–H groups in total. The van der Waals surface area contributed by atoms with Crippen molar-refractivity contribution in [2.75, 3.05) is 13.2 Å². The predicted octanol–water partition coefficient (Wildman–Crippen LogP) is 3.37. The molecular weight excluding hydrogens is 400 g/mol. The molecule has 0 unspecified atom stereocenters. The SMILES string of the molecule is CCOc1c(Br)cc(CNCCC(=O)NC2CC2)cc1Br. The van der Waals surface area contributed by atoms with E-state index in [4.69, 9.17) is 4.74 Å². The maximum atomic E-state index is 11.5. The molecule has 6 heteroatoms. The van der Waals surface area contributed by atoms with Crippen molar-refractivity contribution in [3.8, 4) is 5.75 Å². The average Bonchev–Trinajstić information content (AvgIpc) is 3.23. The van der Waals surface area contributed by atoms with Gasteiger partial charge in [-0.15, -0.1) is 0 Å². The summed E-state index contributed by atoms with van der Waals surface area (Å²) in [4.78, 5) is 11.5. The highest BCUT2D eigenvalue weighted by Crippen LogP contribution is 2.34. The number of ether oxygens (including phenoxy) is 1. The van der Waals surface area contributed by atoms with Crippen molar-refractivity contribution in [1.29, 1.82) is 0 Å². The standard InChI is InChI=1S/C15H20Br2N2O2/c1-2-21-15-12(16)7-10(8-13(15)17)9-18-6-5-14(20)19-11-3-4-11/h7-8,11,18H,2-6,9H2,1H3,(H,19,20). The van der Waals surface area contributed by atoms with Gasteiger partial charge in [-0.05, 0) is 69.3 Å². The van der Waals surface area contributed by atoms with Crippen LogP contribution in [0.3, 0.4) is 0 Å². The van der Waals surface area contributed by atoms with Crippen LogP contribution in [0.1, 0.15) is 31.7 Å². The van der Waals surface area contributed by atoms with Crippen LogP contribution in [0.5, 0.6) is 5.75 Å². The largest absolute Gasteiger partial charge is 0.492 e. The summed E-state index contributed by atoms with van der Waals surface area (Å²) in [7, 11) is 0. The molecule has 1 aliphatic rings. The van der Waals surface area contributed by atoms with Gasteiger partial charge in [0, 0.05) is 25.6 Å². The number of carbonyl (C=O) groups is 1. The number of nitrogens with one attached hydrogen (secondary N) is 2. The lowest BCUT2D eigenvalue weighted by molar-refractivity contribution is -0.121. The molecule has 0 aromatic heterocycles. The summed E-state index contributed by atoms with van der Waals surface area (Å²) in [6, 6.07) is 4.51. The van der Waals surface area contributed by atoms with Crippen molar-refractivity contribution in [1.82, 2.24) is 10.6 Å². The van der Waals surface area contributed by atoms with Gasteiger partial charge >= 0.3 is 0 Å². The molecule has 21 heavy (non-hydrogen) atoms. The van der Waals surface area contributed by atoms with Crippen LogP contribution in [-0.2, 0) is 11.3 Å². The lowest BCUT2D eigenvalue weighted by Crippen LogP contribution is -2.29. The number of amides is 1. The van der Waals surface area contributed by atoms with Crippen LogP contribution in [0.4, 0.5) is 0 Å². The number of halogens is 2. The third-order valence-corrected chi connectivity index (χ3v) is 4.33. The molecule has 1 saturated carbocycles. The van der Waals surface area contributed by atoms with Gasteiger partial charge in [0.1, 0.15) is 5.75 Å². The lowest BCUT2D eigenvalue weighted by atomic mass is 10.2. The number of hydrogen-bond donors (Lipinski definition) is 2. The van der Waals surface area contributed by atoms with Crippen LogP contribution < -0.4 is 15.4 Å². The fourth-order valence-corrected chi connectivity index (χ4v) is 3.47. The Kier molecular flexibility index (Phi) is 6.51. The molecule has 0 aliphatic heterocycles. The maximum absolute atomic E-state index is 11.5. The Morgan fingerprint density at radius 3 is 2.57 bits per heavy atom. The van der Waals surface area contributed by atoms with E-state index in [9.17, 15) is 4.79 Å². The van der Waals surface area contributed by atoms with Crippen molar-refractivity contribution in [3.05, 3.63) is 26.6 Å². The number of benzene rings is 1. The highest BCUT2D eigenvalue weighted by atomic mass is 79.9. The maximum Gasteiger partial charge on any atom is 0.221 e. The molecule has 0 spiro atoms. The highest BCUT2D eigenvalue weighted by Gasteiger charge is 2.22. The normalized spacial score (nSPS) is 14.0. The second-order valence-corrected chi connectivity index (χ2v) is 6.80. The van der Waals surface area contributed by atoms with Crippen LogP contribution in [0.25, 0.3) is 0 Å². The third-order valence-electron chi connectivity index (χ3n) is 3.15. The molecule has 0 saturated heterocycles. The van der Waals surface area contributed by atoms with Gasteiger partial charge in [0.05, 0.1) is 15.6 Å². The number of rotatable bonds is 8. The average molecular weight is 420 g/mol. The van der Waals surface area contributed by atoms with Crippen LogP contribution in [0, 0.1) is 0 Å². The third kappa shape index (κ3) is 5.60. The van der Waals surface area contributed by atoms with E-state index >= 15 is 0 Å². The zero-order valence-electron chi connectivity index (χ0n) is 12.0. The molecule has 1 fully saturated rings. The van der Waals surface area contributed by atoms with Gasteiger partial charge in [-0.1, -0.05) is 0 Å². The van der Waals surface area contributed by atoms with Crippen molar-refractivity contribution in [3.63, 3.8) is 0 Å². The van der Waals surface area contributed by atoms with E-state index in [1.165, 1.54) is 0 Å². The fourth-order valence-electron chi connectivity index (χ4n) is 1.96. The molecule has 2 rings (SSSR count). The van der Waals surface area contributed by atoms with Gasteiger partial charge in [0.2, 0.25) is 5.91 Å². The van der Waals surface area contributed by atoms with Crippen LogP contribution in [0.2, 0.25) is 0 Å². The molecule has 0 atom stereocenters. The van der Waals surface area contributed by atoms with Gasteiger partial charge < -0.3 is 15.4 Å². The fraction of sp³-hybridized carbons (Fsp3) is 0.533. The van der Waals surface area contributed by atoms with Gasteiger partial charge in [-0.25, -0.2) is 0 Å². The molecule has 116 valence electrons. The summed E-state index contributed by atoms with van der Waals surface area (Å²) in [5.74, 6) is 0.962. The number of hydrogen-bond acceptors (Lipinski definition) is 3. The summed E-state index contributed by atoms with van der Waals surface area (Å²) in [5.41, 5.74) is 1.14. The first kappa shape index (κ1) is 16.8. The summed E-state index contributed by atoms with van der Waals surface area (Å²) in [5, 5.41) is 6.27. The molecule has 0 bridgehead atoms. The van der Waals surface area contributed by atoms with E-state index in [-0.39, 0.29) is 5.91 Å². The Bertz CT molecular complexity index is 481. The predicted molar refractivity (Wildman–Crippen MR) is 90.5 cm³/mol. The Balaban J connectivity index is 1.76. The zero-order chi connectivity index (χ0) is 15.2. The van der Waals surface area contributed by atoms with Crippen LogP contribution >= 0.6 is 31.9 Å². The Labute approximate surface area is 142 Å². The first-order valence-electron chi connectivity index (χ1n) is 7.21. The Morgan fingerprint density at radius 1 is 1.33 bits per heavy atom. The van der Waals surface area contributed by atoms with Crippen LogP contribution in [0.15, 0.2) is 21.1 Å². The minimum Gasteiger partial charge on any atom is -0.492 e. The van der Waals surface area contributed by atoms with E-state index in [0.717, 1.165) is 39.6 Å². The van der Waals surface area contributed by atoms with E-state index in [0.29, 0.717) is 25.6 Å². The number of carbonyl (C=O) groups excluding carboxylic acids is 1. The van der Waals surface area contributed by atoms with E-state index in [1.54, 1.807) is 0 Å². The van der Waals surface area contributed by atoms with E-state index in [1.807, 2.05) is 19.1 Å². The topological polar surface area (TPSA) is 50.4 Å². The van der Waals surface area contributed by atoms with Crippen molar-refractivity contribution < 1.29 is 9.53 Å². The molecule has 1 amide bonds. The van der Waals surface area contributed by atoms with Gasteiger partial charge in [0.25, 0.3) is 0 Å². The minimum atomic E-state index is 0.138. The molecule has 0 radical (unpaired) electrons.